The third-order valence-electron chi connectivity index (χ3n) is 2.07. The van der Waals surface area contributed by atoms with Crippen molar-refractivity contribution in [2.75, 3.05) is 0 Å². The summed E-state index contributed by atoms with van der Waals surface area (Å²) < 4.78 is 5.11. The Bertz CT molecular complexity index is 377. The Labute approximate surface area is 95.4 Å². The monoisotopic (exact) mass is 220 g/mol. The lowest BCUT2D eigenvalue weighted by Crippen LogP contribution is -2.10. The SMILES string of the molecule is CC(=O)c1ccc(OC(=O)CC(C)C)cc1. The Kier molecular flexibility index (Phi) is 4.23. The lowest BCUT2D eigenvalue weighted by Gasteiger charge is -2.06. The first-order valence-corrected chi connectivity index (χ1v) is 5.30. The largest absolute Gasteiger partial charge is 0.427 e. The molecule has 3 nitrogen and oxygen atoms in total. The van der Waals surface area contributed by atoms with E-state index in [9.17, 15) is 9.59 Å². The Balaban J connectivity index is 2.62. The number of hydrogen-bond acceptors (Lipinski definition) is 3. The number of Topliss-reactive ketones (excluding diaryl/α,β-unsaturated/α-hetero) is 1. The van der Waals surface area contributed by atoms with Crippen LogP contribution in [0.5, 0.6) is 5.75 Å². The molecule has 1 rings (SSSR count). The molecule has 1 aromatic carbocycles. The molecular formula is C13H16O3. The molecule has 0 spiro atoms. The van der Waals surface area contributed by atoms with E-state index in [2.05, 4.69) is 0 Å². The van der Waals surface area contributed by atoms with E-state index >= 15 is 0 Å². The standard InChI is InChI=1S/C13H16O3/c1-9(2)8-13(15)16-12-6-4-11(5-7-12)10(3)14/h4-7,9H,8H2,1-3H3. The van der Waals surface area contributed by atoms with Crippen LogP contribution in [0.1, 0.15) is 37.6 Å². The number of ether oxygens (including phenoxy) is 1. The van der Waals surface area contributed by atoms with Gasteiger partial charge in [-0.3, -0.25) is 9.59 Å². The molecule has 0 aromatic heterocycles. The molecular weight excluding hydrogens is 204 g/mol. The van der Waals surface area contributed by atoms with Gasteiger partial charge in [-0.2, -0.15) is 0 Å². The molecule has 0 aliphatic heterocycles. The molecule has 86 valence electrons. The van der Waals surface area contributed by atoms with Gasteiger partial charge < -0.3 is 4.74 Å². The normalized spacial score (nSPS) is 10.2. The van der Waals surface area contributed by atoms with Crippen LogP contribution in [0.15, 0.2) is 24.3 Å². The van der Waals surface area contributed by atoms with E-state index < -0.39 is 0 Å². The first-order chi connectivity index (χ1) is 7.49. The molecule has 0 amide bonds. The zero-order valence-electron chi connectivity index (χ0n) is 9.82. The van der Waals surface area contributed by atoms with Crippen LogP contribution in [0.25, 0.3) is 0 Å². The van der Waals surface area contributed by atoms with Gasteiger partial charge in [0.2, 0.25) is 0 Å². The van der Waals surface area contributed by atoms with E-state index in [1.807, 2.05) is 13.8 Å². The highest BCUT2D eigenvalue weighted by molar-refractivity contribution is 5.94. The van der Waals surface area contributed by atoms with Gasteiger partial charge in [-0.25, -0.2) is 0 Å². The number of carbonyl (C=O) groups is 2. The fourth-order valence-corrected chi connectivity index (χ4v) is 1.26. The van der Waals surface area contributed by atoms with Crippen LogP contribution in [0, 0.1) is 5.92 Å². The fourth-order valence-electron chi connectivity index (χ4n) is 1.26. The van der Waals surface area contributed by atoms with Gasteiger partial charge in [0.25, 0.3) is 0 Å². The van der Waals surface area contributed by atoms with E-state index in [0.717, 1.165) is 0 Å². The Morgan fingerprint density at radius 2 is 1.75 bits per heavy atom. The third kappa shape index (κ3) is 3.85. The number of carbonyl (C=O) groups excluding carboxylic acids is 2. The van der Waals surface area contributed by atoms with Gasteiger partial charge >= 0.3 is 5.97 Å². The smallest absolute Gasteiger partial charge is 0.311 e. The van der Waals surface area contributed by atoms with Gasteiger partial charge in [0.15, 0.2) is 5.78 Å². The minimum absolute atomic E-state index is 0.0000527. The number of benzene rings is 1. The zero-order valence-corrected chi connectivity index (χ0v) is 9.82. The maximum atomic E-state index is 11.4. The van der Waals surface area contributed by atoms with Gasteiger partial charge in [0.05, 0.1) is 0 Å². The number of hydrogen-bond donors (Lipinski definition) is 0. The molecule has 0 saturated heterocycles. The van der Waals surface area contributed by atoms with Crippen LogP contribution in [0.3, 0.4) is 0 Å². The summed E-state index contributed by atoms with van der Waals surface area (Å²) >= 11 is 0. The second kappa shape index (κ2) is 5.45. The molecule has 0 aliphatic carbocycles. The predicted octanol–water partition coefficient (Wildman–Crippen LogP) is 2.84. The van der Waals surface area contributed by atoms with E-state index in [-0.39, 0.29) is 17.7 Å². The third-order valence-corrected chi connectivity index (χ3v) is 2.07. The van der Waals surface area contributed by atoms with Crippen LogP contribution in [0.4, 0.5) is 0 Å². The molecule has 0 heterocycles. The Hall–Kier alpha value is -1.64. The van der Waals surface area contributed by atoms with Crippen molar-refractivity contribution in [1.29, 1.82) is 0 Å². The van der Waals surface area contributed by atoms with Crippen LogP contribution < -0.4 is 4.74 Å². The summed E-state index contributed by atoms with van der Waals surface area (Å²) in [6, 6.07) is 6.57. The molecule has 0 unspecified atom stereocenters. The van der Waals surface area contributed by atoms with Crippen molar-refractivity contribution in [1.82, 2.24) is 0 Å². The first kappa shape index (κ1) is 12.4. The van der Waals surface area contributed by atoms with Gasteiger partial charge in [-0.05, 0) is 37.1 Å². The fraction of sp³-hybridized carbons (Fsp3) is 0.385. The van der Waals surface area contributed by atoms with Crippen molar-refractivity contribution in [3.63, 3.8) is 0 Å². The lowest BCUT2D eigenvalue weighted by molar-refractivity contribution is -0.135. The average Bonchev–Trinajstić information content (AvgIpc) is 2.16. The van der Waals surface area contributed by atoms with Crippen molar-refractivity contribution < 1.29 is 14.3 Å². The van der Waals surface area contributed by atoms with Crippen LogP contribution in [-0.4, -0.2) is 11.8 Å². The van der Waals surface area contributed by atoms with Crippen LogP contribution in [-0.2, 0) is 4.79 Å². The van der Waals surface area contributed by atoms with E-state index in [1.54, 1.807) is 24.3 Å². The quantitative estimate of drug-likeness (QED) is 0.445. The van der Waals surface area contributed by atoms with Crippen LogP contribution >= 0.6 is 0 Å². The summed E-state index contributed by atoms with van der Waals surface area (Å²) in [4.78, 5) is 22.4. The molecule has 0 fully saturated rings. The van der Waals surface area contributed by atoms with Gasteiger partial charge in [-0.15, -0.1) is 0 Å². The van der Waals surface area contributed by atoms with Crippen molar-refractivity contribution >= 4 is 11.8 Å². The van der Waals surface area contributed by atoms with Gasteiger partial charge in [-0.1, -0.05) is 13.8 Å². The van der Waals surface area contributed by atoms with Crippen LogP contribution in [0.2, 0.25) is 0 Å². The summed E-state index contributed by atoms with van der Waals surface area (Å²) in [6.07, 6.45) is 0.397. The molecule has 0 bridgehead atoms. The van der Waals surface area contributed by atoms with Gasteiger partial charge in [0.1, 0.15) is 5.75 Å². The minimum atomic E-state index is -0.245. The summed E-state index contributed by atoms with van der Waals surface area (Å²) in [6.45, 7) is 5.42. The maximum absolute atomic E-state index is 11.4. The maximum Gasteiger partial charge on any atom is 0.311 e. The van der Waals surface area contributed by atoms with E-state index in [0.29, 0.717) is 17.7 Å². The molecule has 0 atom stereocenters. The average molecular weight is 220 g/mol. The summed E-state index contributed by atoms with van der Waals surface area (Å²) in [7, 11) is 0. The van der Waals surface area contributed by atoms with Crippen molar-refractivity contribution in [2.24, 2.45) is 5.92 Å². The van der Waals surface area contributed by atoms with E-state index in [1.165, 1.54) is 6.92 Å². The minimum Gasteiger partial charge on any atom is -0.427 e. The molecule has 0 radical (unpaired) electrons. The highest BCUT2D eigenvalue weighted by Gasteiger charge is 2.07. The molecule has 1 aromatic rings. The molecule has 16 heavy (non-hydrogen) atoms. The zero-order chi connectivity index (χ0) is 12.1. The highest BCUT2D eigenvalue weighted by Crippen LogP contribution is 2.14. The highest BCUT2D eigenvalue weighted by atomic mass is 16.5. The summed E-state index contributed by atoms with van der Waals surface area (Å²) in [5.41, 5.74) is 0.614. The molecule has 0 N–H and O–H groups in total. The summed E-state index contributed by atoms with van der Waals surface area (Å²) in [5.74, 6) is 0.519. The second-order valence-corrected chi connectivity index (χ2v) is 4.15. The molecule has 0 aliphatic rings. The number of ketones is 1. The summed E-state index contributed by atoms with van der Waals surface area (Å²) in [5, 5.41) is 0. The van der Waals surface area contributed by atoms with Crippen molar-refractivity contribution in [3.05, 3.63) is 29.8 Å². The Morgan fingerprint density at radius 1 is 1.19 bits per heavy atom. The number of rotatable bonds is 4. The van der Waals surface area contributed by atoms with Crippen molar-refractivity contribution in [2.45, 2.75) is 27.2 Å². The van der Waals surface area contributed by atoms with E-state index in [4.69, 9.17) is 4.74 Å². The number of esters is 1. The lowest BCUT2D eigenvalue weighted by atomic mass is 10.1. The predicted molar refractivity (Wildman–Crippen MR) is 61.5 cm³/mol. The van der Waals surface area contributed by atoms with Gasteiger partial charge in [0, 0.05) is 12.0 Å². The Morgan fingerprint density at radius 3 is 2.19 bits per heavy atom. The molecule has 3 heteroatoms. The second-order valence-electron chi connectivity index (χ2n) is 4.15. The van der Waals surface area contributed by atoms with Crippen molar-refractivity contribution in [3.8, 4) is 5.75 Å². The molecule has 0 saturated carbocycles. The first-order valence-electron chi connectivity index (χ1n) is 5.30. The topological polar surface area (TPSA) is 43.4 Å².